The number of anilines is 1. The van der Waals surface area contributed by atoms with Crippen molar-refractivity contribution < 1.29 is 4.79 Å². The van der Waals surface area contributed by atoms with Crippen LogP contribution in [0.2, 0.25) is 0 Å². The van der Waals surface area contributed by atoms with E-state index in [9.17, 15) is 4.79 Å². The number of nitriles is 1. The van der Waals surface area contributed by atoms with E-state index in [2.05, 4.69) is 10.4 Å². The summed E-state index contributed by atoms with van der Waals surface area (Å²) in [5, 5.41) is 15.8. The van der Waals surface area contributed by atoms with Crippen LogP contribution in [0, 0.1) is 29.1 Å². The van der Waals surface area contributed by atoms with E-state index >= 15 is 0 Å². The second-order valence-electron chi connectivity index (χ2n) is 5.18. The first kappa shape index (κ1) is 14.2. The van der Waals surface area contributed by atoms with Crippen molar-refractivity contribution in [3.8, 4) is 6.07 Å². The zero-order valence-electron chi connectivity index (χ0n) is 11.6. The third-order valence-electron chi connectivity index (χ3n) is 2.93. The van der Waals surface area contributed by atoms with Gasteiger partial charge < -0.3 is 5.32 Å². The number of nitrogens with zero attached hydrogens (tertiary/aromatic N) is 3. The molecule has 98 valence electrons. The van der Waals surface area contributed by atoms with Gasteiger partial charge in [-0.15, -0.1) is 0 Å². The highest BCUT2D eigenvalue weighted by molar-refractivity contribution is 5.93. The Morgan fingerprint density at radius 3 is 2.39 bits per heavy atom. The lowest BCUT2D eigenvalue weighted by atomic mass is 9.85. The number of carbonyl (C=O) groups excluding carboxylic acids is 1. The predicted octanol–water partition coefficient (Wildman–Crippen LogP) is 2.16. The van der Waals surface area contributed by atoms with Gasteiger partial charge in [-0.2, -0.15) is 10.4 Å². The molecule has 1 rings (SSSR count). The molecule has 0 aliphatic carbocycles. The molecule has 0 radical (unpaired) electrons. The summed E-state index contributed by atoms with van der Waals surface area (Å²) in [6.45, 7) is 8.09. The van der Waals surface area contributed by atoms with Crippen LogP contribution in [-0.4, -0.2) is 15.7 Å². The Morgan fingerprint density at radius 1 is 1.39 bits per heavy atom. The van der Waals surface area contributed by atoms with Crippen LogP contribution in [0.1, 0.15) is 33.3 Å². The van der Waals surface area contributed by atoms with Gasteiger partial charge in [0.1, 0.15) is 11.6 Å². The van der Waals surface area contributed by atoms with Crippen LogP contribution in [0.15, 0.2) is 6.20 Å². The van der Waals surface area contributed by atoms with E-state index in [0.717, 1.165) is 0 Å². The lowest BCUT2D eigenvalue weighted by Gasteiger charge is -2.23. The number of hydrogen-bond donors (Lipinski definition) is 1. The summed E-state index contributed by atoms with van der Waals surface area (Å²) >= 11 is 0. The van der Waals surface area contributed by atoms with Crippen LogP contribution in [0.3, 0.4) is 0 Å². The fraction of sp³-hybridized carbons (Fsp3) is 0.615. The van der Waals surface area contributed by atoms with Gasteiger partial charge in [-0.25, -0.2) is 0 Å². The van der Waals surface area contributed by atoms with Gasteiger partial charge in [0.2, 0.25) is 5.91 Å². The molecule has 0 atom stereocenters. The summed E-state index contributed by atoms with van der Waals surface area (Å²) < 4.78 is 1.52. The fourth-order valence-corrected chi connectivity index (χ4v) is 2.24. The molecule has 0 aromatic carbocycles. The van der Waals surface area contributed by atoms with Crippen LogP contribution < -0.4 is 5.32 Å². The Labute approximate surface area is 108 Å². The Balaban J connectivity index is 2.90. The van der Waals surface area contributed by atoms with E-state index in [1.165, 1.54) is 4.68 Å². The quantitative estimate of drug-likeness (QED) is 0.887. The third-order valence-corrected chi connectivity index (χ3v) is 2.93. The van der Waals surface area contributed by atoms with Crippen LogP contribution >= 0.6 is 0 Å². The molecule has 0 bridgehead atoms. The fourth-order valence-electron chi connectivity index (χ4n) is 2.24. The average molecular weight is 248 g/mol. The lowest BCUT2D eigenvalue weighted by molar-refractivity contribution is -0.122. The molecule has 1 N–H and O–H groups in total. The second-order valence-corrected chi connectivity index (χ2v) is 5.18. The van der Waals surface area contributed by atoms with Crippen LogP contribution in [0.25, 0.3) is 0 Å². The molecule has 5 nitrogen and oxygen atoms in total. The number of aromatic nitrogens is 2. The largest absolute Gasteiger partial charge is 0.308 e. The van der Waals surface area contributed by atoms with Crippen molar-refractivity contribution >= 4 is 11.7 Å². The maximum Gasteiger partial charge on any atom is 0.229 e. The molecular formula is C13H20N4O. The minimum atomic E-state index is -0.0847. The maximum atomic E-state index is 12.2. The van der Waals surface area contributed by atoms with E-state index in [0.29, 0.717) is 11.4 Å². The first-order chi connectivity index (χ1) is 8.36. The van der Waals surface area contributed by atoms with E-state index < -0.39 is 0 Å². The molecule has 1 aromatic rings. The molecule has 1 aromatic heterocycles. The molecule has 1 amide bonds. The number of rotatable bonds is 4. The lowest BCUT2D eigenvalue weighted by Crippen LogP contribution is -2.31. The number of carbonyl (C=O) groups is 1. The Morgan fingerprint density at radius 2 is 1.94 bits per heavy atom. The highest BCUT2D eigenvalue weighted by Gasteiger charge is 2.26. The highest BCUT2D eigenvalue weighted by Crippen LogP contribution is 2.23. The zero-order chi connectivity index (χ0) is 13.9. The number of nitrogens with one attached hydrogen (secondary N) is 1. The van der Waals surface area contributed by atoms with Gasteiger partial charge in [0.15, 0.2) is 5.82 Å². The van der Waals surface area contributed by atoms with Crippen molar-refractivity contribution in [3.05, 3.63) is 11.8 Å². The Kier molecular flexibility index (Phi) is 4.49. The summed E-state index contributed by atoms with van der Waals surface area (Å²) in [6.07, 6.45) is 1.59. The molecule has 0 saturated carbocycles. The number of aryl methyl sites for hydroxylation is 1. The molecular weight excluding hydrogens is 228 g/mol. The van der Waals surface area contributed by atoms with E-state index in [1.807, 2.05) is 33.8 Å². The first-order valence-corrected chi connectivity index (χ1v) is 6.11. The predicted molar refractivity (Wildman–Crippen MR) is 69.7 cm³/mol. The van der Waals surface area contributed by atoms with E-state index in [-0.39, 0.29) is 23.7 Å². The van der Waals surface area contributed by atoms with Crippen LogP contribution in [-0.2, 0) is 11.8 Å². The minimum Gasteiger partial charge on any atom is -0.308 e. The molecule has 0 fully saturated rings. The molecule has 18 heavy (non-hydrogen) atoms. The summed E-state index contributed by atoms with van der Waals surface area (Å²) in [5.74, 6) is 0.684. The molecule has 0 unspecified atom stereocenters. The Bertz CT molecular complexity index is 460. The van der Waals surface area contributed by atoms with E-state index in [4.69, 9.17) is 5.26 Å². The van der Waals surface area contributed by atoms with Crippen molar-refractivity contribution in [1.29, 1.82) is 5.26 Å². The molecule has 0 aliphatic heterocycles. The maximum absolute atomic E-state index is 12.2. The first-order valence-electron chi connectivity index (χ1n) is 6.11. The third kappa shape index (κ3) is 3.10. The van der Waals surface area contributed by atoms with Gasteiger partial charge in [0.05, 0.1) is 0 Å². The van der Waals surface area contributed by atoms with Gasteiger partial charge >= 0.3 is 0 Å². The van der Waals surface area contributed by atoms with Crippen molar-refractivity contribution in [2.24, 2.45) is 24.8 Å². The van der Waals surface area contributed by atoms with Crippen LogP contribution in [0.5, 0.6) is 0 Å². The van der Waals surface area contributed by atoms with Crippen molar-refractivity contribution in [2.75, 3.05) is 5.32 Å². The summed E-state index contributed by atoms with van der Waals surface area (Å²) in [7, 11) is 1.72. The smallest absolute Gasteiger partial charge is 0.229 e. The molecule has 5 heteroatoms. The van der Waals surface area contributed by atoms with Gasteiger partial charge in [0, 0.05) is 19.2 Å². The van der Waals surface area contributed by atoms with Crippen molar-refractivity contribution in [2.45, 2.75) is 27.7 Å². The summed E-state index contributed by atoms with van der Waals surface area (Å²) in [4.78, 5) is 12.2. The van der Waals surface area contributed by atoms with Crippen molar-refractivity contribution in [3.63, 3.8) is 0 Å². The second kappa shape index (κ2) is 5.67. The molecule has 1 heterocycles. The Hall–Kier alpha value is -1.83. The summed E-state index contributed by atoms with van der Waals surface area (Å²) in [6, 6.07) is 2.02. The van der Waals surface area contributed by atoms with Gasteiger partial charge in [-0.05, 0) is 11.8 Å². The normalized spacial score (nSPS) is 11.1. The highest BCUT2D eigenvalue weighted by atomic mass is 16.2. The van der Waals surface area contributed by atoms with Gasteiger partial charge in [0.25, 0.3) is 0 Å². The van der Waals surface area contributed by atoms with E-state index in [1.54, 1.807) is 13.2 Å². The van der Waals surface area contributed by atoms with Crippen LogP contribution in [0.4, 0.5) is 5.82 Å². The number of hydrogen-bond acceptors (Lipinski definition) is 3. The minimum absolute atomic E-state index is 0.0739. The molecule has 0 saturated heterocycles. The number of amides is 1. The standard InChI is InChI=1S/C13H20N4O/c1-8(2)11(9(3)4)13(18)15-12-10(6-14)7-17(5)16-12/h7-9,11H,1-5H3,(H,15,16,18). The molecule has 0 spiro atoms. The zero-order valence-corrected chi connectivity index (χ0v) is 11.6. The van der Waals surface area contributed by atoms with Gasteiger partial charge in [-0.3, -0.25) is 9.48 Å². The van der Waals surface area contributed by atoms with Crippen molar-refractivity contribution in [1.82, 2.24) is 9.78 Å². The molecule has 0 aliphatic rings. The monoisotopic (exact) mass is 248 g/mol. The van der Waals surface area contributed by atoms with Gasteiger partial charge in [-0.1, -0.05) is 27.7 Å². The topological polar surface area (TPSA) is 70.7 Å². The summed E-state index contributed by atoms with van der Waals surface area (Å²) in [5.41, 5.74) is 0.386. The SMILES string of the molecule is CC(C)C(C(=O)Nc1nn(C)cc1C#N)C(C)C. The average Bonchev–Trinajstić information content (AvgIpc) is 2.57.